The Morgan fingerprint density at radius 2 is 1.94 bits per heavy atom. The molecule has 0 bridgehead atoms. The van der Waals surface area contributed by atoms with E-state index in [-0.39, 0.29) is 11.3 Å². The highest BCUT2D eigenvalue weighted by atomic mass is 19.2. The molecule has 0 unspecified atom stereocenters. The largest absolute Gasteiger partial charge is 0.378 e. The number of anilines is 2. The Morgan fingerprint density at radius 3 is 2.72 bits per heavy atom. The molecular formula is C23H19F2N5O2. The third kappa shape index (κ3) is 3.78. The Morgan fingerprint density at radius 1 is 1.09 bits per heavy atom. The number of nitrogens with zero attached hydrogens (tertiary/aromatic N) is 3. The minimum atomic E-state index is -0.937. The first-order chi connectivity index (χ1) is 15.6. The van der Waals surface area contributed by atoms with Crippen molar-refractivity contribution in [2.45, 2.75) is 0 Å². The van der Waals surface area contributed by atoms with Crippen molar-refractivity contribution in [3.8, 4) is 11.1 Å². The molecule has 5 rings (SSSR count). The van der Waals surface area contributed by atoms with Gasteiger partial charge < -0.3 is 15.0 Å². The van der Waals surface area contributed by atoms with Gasteiger partial charge in [0.25, 0.3) is 5.91 Å². The number of carbonyl (C=O) groups excluding carboxylic acids is 1. The van der Waals surface area contributed by atoms with Crippen molar-refractivity contribution >= 4 is 28.3 Å². The van der Waals surface area contributed by atoms with Crippen molar-refractivity contribution in [1.82, 2.24) is 15.2 Å². The number of hydrogen-bond donors (Lipinski definition) is 2. The molecular weight excluding hydrogens is 416 g/mol. The van der Waals surface area contributed by atoms with Crippen molar-refractivity contribution in [3.63, 3.8) is 0 Å². The number of fused-ring (bicyclic) bond motifs is 1. The lowest BCUT2D eigenvalue weighted by molar-refractivity contribution is 0.102. The molecule has 1 aliphatic heterocycles. The van der Waals surface area contributed by atoms with Crippen molar-refractivity contribution in [2.75, 3.05) is 36.5 Å². The van der Waals surface area contributed by atoms with Gasteiger partial charge in [-0.15, -0.1) is 0 Å². The second-order valence-electron chi connectivity index (χ2n) is 7.39. The number of amides is 1. The Kier molecular flexibility index (Phi) is 5.24. The van der Waals surface area contributed by atoms with Gasteiger partial charge in [-0.1, -0.05) is 18.2 Å². The molecule has 4 aromatic rings. The third-order valence-electron chi connectivity index (χ3n) is 5.38. The molecule has 3 heterocycles. The summed E-state index contributed by atoms with van der Waals surface area (Å²) < 4.78 is 33.2. The number of morpholine rings is 1. The Labute approximate surface area is 182 Å². The number of benzene rings is 2. The van der Waals surface area contributed by atoms with Gasteiger partial charge in [0.1, 0.15) is 5.82 Å². The molecule has 0 atom stereocenters. The van der Waals surface area contributed by atoms with E-state index in [1.54, 1.807) is 30.5 Å². The van der Waals surface area contributed by atoms with E-state index in [1.807, 2.05) is 6.07 Å². The topological polar surface area (TPSA) is 83.1 Å². The smallest absolute Gasteiger partial charge is 0.276 e. The van der Waals surface area contributed by atoms with Crippen LogP contribution in [-0.4, -0.2) is 47.4 Å². The lowest BCUT2D eigenvalue weighted by Gasteiger charge is -2.27. The normalized spacial score (nSPS) is 14.0. The summed E-state index contributed by atoms with van der Waals surface area (Å²) in [5.41, 5.74) is 1.84. The van der Waals surface area contributed by atoms with Gasteiger partial charge in [-0.2, -0.15) is 5.10 Å². The summed E-state index contributed by atoms with van der Waals surface area (Å²) in [5, 5.41) is 10.2. The van der Waals surface area contributed by atoms with Gasteiger partial charge in [0.15, 0.2) is 17.3 Å². The molecule has 0 aliphatic carbocycles. The maximum absolute atomic E-state index is 14.2. The van der Waals surface area contributed by atoms with Crippen molar-refractivity contribution < 1.29 is 18.3 Å². The highest BCUT2D eigenvalue weighted by Gasteiger charge is 2.18. The van der Waals surface area contributed by atoms with Crippen LogP contribution in [0.2, 0.25) is 0 Å². The summed E-state index contributed by atoms with van der Waals surface area (Å²) in [5.74, 6) is -1.49. The van der Waals surface area contributed by atoms with Crippen LogP contribution >= 0.6 is 0 Å². The fourth-order valence-electron chi connectivity index (χ4n) is 3.71. The second-order valence-corrected chi connectivity index (χ2v) is 7.39. The highest BCUT2D eigenvalue weighted by Crippen LogP contribution is 2.28. The predicted octanol–water partition coefficient (Wildman–Crippen LogP) is 3.99. The van der Waals surface area contributed by atoms with Crippen LogP contribution in [0.1, 0.15) is 10.5 Å². The van der Waals surface area contributed by atoms with Crippen LogP contribution in [0.5, 0.6) is 0 Å². The van der Waals surface area contributed by atoms with Gasteiger partial charge in [-0.25, -0.2) is 13.8 Å². The quantitative estimate of drug-likeness (QED) is 0.507. The van der Waals surface area contributed by atoms with Gasteiger partial charge in [0.05, 0.1) is 30.6 Å². The number of ether oxygens (including phenoxy) is 1. The molecule has 1 saturated heterocycles. The standard InChI is InChI=1S/C23H19F2N5O2/c24-18-3-1-2-16(21(18)25)14-4-6-19-17(12-14)22(29-28-19)23(31)27-15-5-7-20(26-13-15)30-8-10-32-11-9-30/h1-7,12-13H,8-11H2,(H,27,31)(H,28,29). The molecule has 2 N–H and O–H groups in total. The molecule has 32 heavy (non-hydrogen) atoms. The molecule has 162 valence electrons. The zero-order valence-electron chi connectivity index (χ0n) is 16.9. The van der Waals surface area contributed by atoms with Gasteiger partial charge in [-0.05, 0) is 35.9 Å². The van der Waals surface area contributed by atoms with E-state index in [2.05, 4.69) is 25.4 Å². The average molecular weight is 435 g/mol. The molecule has 0 radical (unpaired) electrons. The average Bonchev–Trinajstić information content (AvgIpc) is 3.25. The summed E-state index contributed by atoms with van der Waals surface area (Å²) in [7, 11) is 0. The Hall–Kier alpha value is -3.85. The molecule has 7 nitrogen and oxygen atoms in total. The van der Waals surface area contributed by atoms with E-state index in [0.29, 0.717) is 35.4 Å². The number of rotatable bonds is 4. The highest BCUT2D eigenvalue weighted by molar-refractivity contribution is 6.11. The maximum Gasteiger partial charge on any atom is 0.276 e. The summed E-state index contributed by atoms with van der Waals surface area (Å²) >= 11 is 0. The summed E-state index contributed by atoms with van der Waals surface area (Å²) in [4.78, 5) is 19.4. The van der Waals surface area contributed by atoms with Crippen LogP contribution in [0.4, 0.5) is 20.3 Å². The van der Waals surface area contributed by atoms with Crippen molar-refractivity contribution in [2.24, 2.45) is 0 Å². The summed E-state index contributed by atoms with van der Waals surface area (Å²) in [6.45, 7) is 2.86. The molecule has 1 fully saturated rings. The fourth-order valence-corrected chi connectivity index (χ4v) is 3.71. The van der Waals surface area contributed by atoms with E-state index in [0.717, 1.165) is 25.0 Å². The number of aromatic amines is 1. The molecule has 2 aromatic heterocycles. The number of nitrogens with one attached hydrogen (secondary N) is 2. The Balaban J connectivity index is 1.39. The lowest BCUT2D eigenvalue weighted by atomic mass is 10.0. The van der Waals surface area contributed by atoms with Gasteiger partial charge in [-0.3, -0.25) is 9.89 Å². The van der Waals surface area contributed by atoms with Crippen molar-refractivity contribution in [1.29, 1.82) is 0 Å². The zero-order valence-corrected chi connectivity index (χ0v) is 16.9. The minimum Gasteiger partial charge on any atom is -0.378 e. The first-order valence-electron chi connectivity index (χ1n) is 10.1. The fraction of sp³-hybridized carbons (Fsp3) is 0.174. The van der Waals surface area contributed by atoms with Gasteiger partial charge in [0, 0.05) is 24.0 Å². The molecule has 0 saturated carbocycles. The molecule has 1 aliphatic rings. The van der Waals surface area contributed by atoms with Crippen LogP contribution in [-0.2, 0) is 4.74 Å². The number of H-pyrrole nitrogens is 1. The first kappa shape index (κ1) is 20.1. The molecule has 9 heteroatoms. The van der Waals surface area contributed by atoms with Crippen LogP contribution in [0.25, 0.3) is 22.0 Å². The number of halogens is 2. The van der Waals surface area contributed by atoms with Crippen LogP contribution < -0.4 is 10.2 Å². The van der Waals surface area contributed by atoms with Crippen LogP contribution in [0.3, 0.4) is 0 Å². The summed E-state index contributed by atoms with van der Waals surface area (Å²) in [6.07, 6.45) is 1.59. The van der Waals surface area contributed by atoms with Crippen LogP contribution in [0, 0.1) is 11.6 Å². The number of hydrogen-bond acceptors (Lipinski definition) is 5. The van der Waals surface area contributed by atoms with Gasteiger partial charge >= 0.3 is 0 Å². The van der Waals surface area contributed by atoms with E-state index in [9.17, 15) is 13.6 Å². The molecule has 1 amide bonds. The van der Waals surface area contributed by atoms with E-state index < -0.39 is 17.5 Å². The molecule has 2 aromatic carbocycles. The Bertz CT molecular complexity index is 1280. The minimum absolute atomic E-state index is 0.113. The predicted molar refractivity (Wildman–Crippen MR) is 117 cm³/mol. The number of pyridine rings is 1. The molecule has 0 spiro atoms. The zero-order chi connectivity index (χ0) is 22.1. The number of carbonyl (C=O) groups is 1. The van der Waals surface area contributed by atoms with Crippen molar-refractivity contribution in [3.05, 3.63) is 72.1 Å². The van der Waals surface area contributed by atoms with E-state index in [4.69, 9.17) is 4.74 Å². The first-order valence-corrected chi connectivity index (χ1v) is 10.1. The SMILES string of the molecule is O=C(Nc1ccc(N2CCOCC2)nc1)c1n[nH]c2ccc(-c3cccc(F)c3F)cc12. The monoisotopic (exact) mass is 435 g/mol. The van der Waals surface area contributed by atoms with E-state index in [1.165, 1.54) is 12.1 Å². The lowest BCUT2D eigenvalue weighted by Crippen LogP contribution is -2.36. The van der Waals surface area contributed by atoms with Crippen LogP contribution in [0.15, 0.2) is 54.7 Å². The van der Waals surface area contributed by atoms with Gasteiger partial charge in [0.2, 0.25) is 0 Å². The number of aromatic nitrogens is 3. The second kappa shape index (κ2) is 8.35. The maximum atomic E-state index is 14.2. The van der Waals surface area contributed by atoms with E-state index >= 15 is 0 Å². The summed E-state index contributed by atoms with van der Waals surface area (Å²) in [6, 6.07) is 12.5. The third-order valence-corrected chi connectivity index (χ3v) is 5.38.